The Hall–Kier alpha value is 1.44. The molecule has 116 valence electrons. The summed E-state index contributed by atoms with van der Waals surface area (Å²) in [5.41, 5.74) is 1.45. The molecule has 0 amide bonds. The first-order chi connectivity index (χ1) is 9.52. The minimum absolute atomic E-state index is 0.0677. The van der Waals surface area contributed by atoms with Crippen molar-refractivity contribution in [2.45, 2.75) is 18.7 Å². The second-order valence-corrected chi connectivity index (χ2v) is 42.0. The number of H-pyrrole nitrogens is 1. The van der Waals surface area contributed by atoms with Gasteiger partial charge in [-0.2, -0.15) is 0 Å². The molecule has 0 radical (unpaired) electrons. The van der Waals surface area contributed by atoms with E-state index in [1.54, 1.807) is 26.0 Å². The molecule has 0 aliphatic rings. The average molecular weight is 703 g/mol. The summed E-state index contributed by atoms with van der Waals surface area (Å²) < 4.78 is 22.7. The van der Waals surface area contributed by atoms with Crippen molar-refractivity contribution in [3.63, 3.8) is 0 Å². The summed E-state index contributed by atoms with van der Waals surface area (Å²) in [6.07, 6.45) is 0. The van der Waals surface area contributed by atoms with Gasteiger partial charge in [-0.05, 0) is 43.0 Å². The Morgan fingerprint density at radius 2 is 1.62 bits per heavy atom. The zero-order chi connectivity index (χ0) is 16.4. The molecule has 1 N–H and O–H groups in total. The Morgan fingerprint density at radius 3 is 2.10 bits per heavy atom. The summed E-state index contributed by atoms with van der Waals surface area (Å²) in [5.74, 6) is 0. The van der Waals surface area contributed by atoms with Gasteiger partial charge in [-0.1, -0.05) is 0 Å². The number of pyridine rings is 1. The van der Waals surface area contributed by atoms with Crippen LogP contribution < -0.4 is 5.56 Å². The third kappa shape index (κ3) is 6.45. The maximum absolute atomic E-state index is 11.4. The van der Waals surface area contributed by atoms with E-state index < -0.39 is 9.05 Å². The van der Waals surface area contributed by atoms with Crippen molar-refractivity contribution < 1.29 is 13.3 Å². The van der Waals surface area contributed by atoms with E-state index in [0.717, 1.165) is 0 Å². The first-order valence-electron chi connectivity index (χ1n) is 5.39. The van der Waals surface area contributed by atoms with Gasteiger partial charge in [-0.15, -0.1) is 0 Å². The van der Waals surface area contributed by atoms with E-state index in [0.29, 0.717) is 22.0 Å². The quantitative estimate of drug-likeness (QED) is 0.346. The van der Waals surface area contributed by atoms with Gasteiger partial charge in [0, 0.05) is 21.8 Å². The fourth-order valence-corrected chi connectivity index (χ4v) is 2.92. The number of rotatable bonds is 1. The second-order valence-electron chi connectivity index (χ2n) is 4.12. The predicted octanol–water partition coefficient (Wildman–Crippen LogP) is 4.73. The Bertz CT molecular complexity index is 821. The van der Waals surface area contributed by atoms with E-state index in [9.17, 15) is 13.2 Å². The molecule has 4 nitrogen and oxygen atoms in total. The summed E-state index contributed by atoms with van der Waals surface area (Å²) in [6, 6.07) is 4.71. The van der Waals surface area contributed by atoms with Crippen LogP contribution >= 0.6 is 70.6 Å². The van der Waals surface area contributed by atoms with Crippen LogP contribution in [0, 0.1) is 13.8 Å². The number of benzene rings is 1. The van der Waals surface area contributed by atoms with Gasteiger partial charge in [-0.25, -0.2) is 8.42 Å². The van der Waals surface area contributed by atoms with E-state index >= 15 is 0 Å². The normalized spacial score (nSPS) is 11.4. The van der Waals surface area contributed by atoms with E-state index in [4.69, 9.17) is 10.7 Å². The Kier molecular flexibility index (Phi) is 8.31. The molecule has 0 aliphatic heterocycles. The van der Waals surface area contributed by atoms with Crippen molar-refractivity contribution in [1.82, 2.24) is 4.98 Å². The van der Waals surface area contributed by atoms with Crippen LogP contribution in [0.15, 0.2) is 27.9 Å². The molecule has 0 atom stereocenters. The number of aryl methyl sites for hydroxylation is 2. The van der Waals surface area contributed by atoms with Crippen LogP contribution in [0.3, 0.4) is 0 Å². The Balaban J connectivity index is 0.000000491. The molecule has 0 spiro atoms. The molecule has 0 fully saturated rings. The Labute approximate surface area is 164 Å². The molecule has 2 rings (SSSR count). The molecular weight excluding hydrogens is 693 g/mol. The number of aromatic amines is 1. The zero-order valence-corrected chi connectivity index (χ0v) is 20.3. The van der Waals surface area contributed by atoms with E-state index in [1.165, 1.54) is 6.07 Å². The molecule has 0 saturated heterocycles. The molecule has 0 bridgehead atoms. The van der Waals surface area contributed by atoms with E-state index in [-0.39, 0.29) is 15.4 Å². The van der Waals surface area contributed by atoms with Gasteiger partial charge in [0.1, 0.15) is 0 Å². The molecule has 0 aliphatic carbocycles. The zero-order valence-electron chi connectivity index (χ0n) is 10.8. The van der Waals surface area contributed by atoms with Crippen LogP contribution in [-0.4, -0.2) is 13.4 Å². The Morgan fingerprint density at radius 1 is 1.10 bits per heavy atom. The molecule has 0 saturated carbocycles. The number of halogens is 4. The third-order valence-electron chi connectivity index (χ3n) is 2.59. The van der Waals surface area contributed by atoms with Gasteiger partial charge >= 0.3 is 64.9 Å². The fourth-order valence-electron chi connectivity index (χ4n) is 1.71. The van der Waals surface area contributed by atoms with Crippen LogP contribution in [0.5, 0.6) is 0 Å². The van der Waals surface area contributed by atoms with Crippen molar-refractivity contribution in [1.29, 1.82) is 0 Å². The number of hydrogen-bond acceptors (Lipinski definition) is 3. The number of nitrogens with one attached hydrogen (secondary N) is 1. The first kappa shape index (κ1) is 20.5. The molecule has 1 aromatic heterocycles. The van der Waals surface area contributed by atoms with Gasteiger partial charge in [0.05, 0.1) is 4.90 Å². The van der Waals surface area contributed by atoms with Crippen molar-refractivity contribution in [3.05, 3.63) is 39.7 Å². The maximum atomic E-state index is 11.4. The summed E-state index contributed by atoms with van der Waals surface area (Å²) in [7, 11) is 1.57. The standard InChI is InChI=1S/C11H10ClNO3S.3HI.V/c1-6-4-9-8(3-7(2)11(14)13-9)5-10(6)17(12,15)16;;;;/h3-5H,1-2H3,(H,13,14);3*1H;/q;;;;+3/p-3. The van der Waals surface area contributed by atoms with Gasteiger partial charge in [0.15, 0.2) is 0 Å². The molecule has 0 unspecified atom stereocenters. The molecule has 2 aromatic rings. The first-order valence-corrected chi connectivity index (χ1v) is 21.2. The molecular formula is C11H10ClI3NO3SV. The summed E-state index contributed by atoms with van der Waals surface area (Å²) in [5, 5.41) is 0.645. The number of aromatic nitrogens is 1. The van der Waals surface area contributed by atoms with Gasteiger partial charge in [-0.3, -0.25) is 4.79 Å². The fraction of sp³-hybridized carbons (Fsp3) is 0.182. The minimum atomic E-state index is -3.77. The van der Waals surface area contributed by atoms with Crippen LogP contribution in [0.1, 0.15) is 11.1 Å². The number of hydrogen-bond donors (Lipinski definition) is 1. The third-order valence-corrected chi connectivity index (χ3v) is 4.05. The molecule has 1 heterocycles. The van der Waals surface area contributed by atoms with Crippen molar-refractivity contribution in [2.24, 2.45) is 0 Å². The van der Waals surface area contributed by atoms with Gasteiger partial charge < -0.3 is 4.98 Å². The van der Waals surface area contributed by atoms with Crippen LogP contribution in [-0.2, 0) is 14.0 Å². The predicted molar refractivity (Wildman–Crippen MR) is 109 cm³/mol. The van der Waals surface area contributed by atoms with Gasteiger partial charge in [0.25, 0.3) is 14.6 Å². The topological polar surface area (TPSA) is 67.0 Å². The average Bonchev–Trinajstić information content (AvgIpc) is 2.28. The monoisotopic (exact) mass is 703 g/mol. The van der Waals surface area contributed by atoms with Crippen molar-refractivity contribution >= 4 is 90.6 Å². The SMILES string of the molecule is Cc1cc2[nH]c(=O)c(C)cc2cc1S(=O)(=O)Cl.[I][V]([I])[I]. The summed E-state index contributed by atoms with van der Waals surface area (Å²) >= 11 is 7.39. The summed E-state index contributed by atoms with van der Waals surface area (Å²) in [4.78, 5) is 13.9. The van der Waals surface area contributed by atoms with Crippen molar-refractivity contribution in [2.75, 3.05) is 0 Å². The van der Waals surface area contributed by atoms with E-state index in [2.05, 4.69) is 64.9 Å². The van der Waals surface area contributed by atoms with Gasteiger partial charge in [0.2, 0.25) is 0 Å². The molecule has 1 aromatic carbocycles. The van der Waals surface area contributed by atoms with Crippen LogP contribution in [0.25, 0.3) is 10.9 Å². The van der Waals surface area contributed by atoms with Crippen LogP contribution in [0.2, 0.25) is 0 Å². The second kappa shape index (κ2) is 8.51. The van der Waals surface area contributed by atoms with E-state index in [1.807, 2.05) is 0 Å². The summed E-state index contributed by atoms with van der Waals surface area (Å²) in [6.45, 7) is 3.29. The number of fused-ring (bicyclic) bond motifs is 1. The molecule has 10 heteroatoms. The molecule has 21 heavy (non-hydrogen) atoms. The van der Waals surface area contributed by atoms with Crippen LogP contribution in [0.4, 0.5) is 0 Å². The van der Waals surface area contributed by atoms with Crippen molar-refractivity contribution in [3.8, 4) is 0 Å².